The van der Waals surface area contributed by atoms with Gasteiger partial charge in [-0.1, -0.05) is 6.92 Å². The molecule has 114 valence electrons. The summed E-state index contributed by atoms with van der Waals surface area (Å²) in [5, 5.41) is 3.36. The predicted octanol–water partition coefficient (Wildman–Crippen LogP) is 3.71. The van der Waals surface area contributed by atoms with E-state index in [0.717, 1.165) is 39.1 Å². The van der Waals surface area contributed by atoms with E-state index in [9.17, 15) is 0 Å². The third-order valence-corrected chi connectivity index (χ3v) is 4.47. The van der Waals surface area contributed by atoms with Gasteiger partial charge >= 0.3 is 0 Å². The molecule has 21 heavy (non-hydrogen) atoms. The quantitative estimate of drug-likeness (QED) is 0.717. The van der Waals surface area contributed by atoms with Gasteiger partial charge < -0.3 is 10.1 Å². The minimum Gasteiger partial charge on any atom is -0.377 e. The van der Waals surface area contributed by atoms with Crippen molar-refractivity contribution in [2.75, 3.05) is 13.2 Å². The second-order valence-corrected chi connectivity index (χ2v) is 6.43. The highest BCUT2D eigenvalue weighted by molar-refractivity contribution is 7.12. The molecule has 2 heterocycles. The van der Waals surface area contributed by atoms with Gasteiger partial charge in [0.1, 0.15) is 0 Å². The van der Waals surface area contributed by atoms with Gasteiger partial charge in [0, 0.05) is 35.3 Å². The Kier molecular flexibility index (Phi) is 6.86. The van der Waals surface area contributed by atoms with Gasteiger partial charge in [-0.3, -0.25) is 4.98 Å². The maximum Gasteiger partial charge on any atom is 0.0727 e. The lowest BCUT2D eigenvalue weighted by atomic mass is 10.1. The summed E-state index contributed by atoms with van der Waals surface area (Å²) < 4.78 is 5.81. The average molecular weight is 304 g/mol. The fourth-order valence-corrected chi connectivity index (χ4v) is 3.19. The third kappa shape index (κ3) is 5.58. The molecular weight excluding hydrogens is 280 g/mol. The summed E-state index contributed by atoms with van der Waals surface area (Å²) in [6.07, 6.45) is 5.79. The van der Waals surface area contributed by atoms with Crippen LogP contribution in [-0.4, -0.2) is 18.1 Å². The lowest BCUT2D eigenvalue weighted by Crippen LogP contribution is -2.10. The van der Waals surface area contributed by atoms with Crippen LogP contribution in [0.3, 0.4) is 0 Å². The molecule has 0 atom stereocenters. The van der Waals surface area contributed by atoms with E-state index in [-0.39, 0.29) is 0 Å². The minimum atomic E-state index is 0.727. The average Bonchev–Trinajstić information content (AvgIpc) is 2.86. The van der Waals surface area contributed by atoms with Gasteiger partial charge in [0.15, 0.2) is 0 Å². The largest absolute Gasteiger partial charge is 0.377 e. The van der Waals surface area contributed by atoms with Gasteiger partial charge in [-0.2, -0.15) is 0 Å². The summed E-state index contributed by atoms with van der Waals surface area (Å²) in [7, 11) is 0. The second-order valence-electron chi connectivity index (χ2n) is 5.09. The summed E-state index contributed by atoms with van der Waals surface area (Å²) in [5.41, 5.74) is 2.66. The highest BCUT2D eigenvalue weighted by Gasteiger charge is 2.05. The zero-order valence-electron chi connectivity index (χ0n) is 12.9. The summed E-state index contributed by atoms with van der Waals surface area (Å²) in [6, 6.07) is 6.40. The number of hydrogen-bond acceptors (Lipinski definition) is 4. The number of aromatic nitrogens is 1. The molecule has 0 saturated carbocycles. The maximum absolute atomic E-state index is 5.81. The van der Waals surface area contributed by atoms with Crippen LogP contribution in [0.1, 0.15) is 34.2 Å². The zero-order valence-corrected chi connectivity index (χ0v) is 13.7. The van der Waals surface area contributed by atoms with Crippen LogP contribution in [0, 0.1) is 6.92 Å². The van der Waals surface area contributed by atoms with E-state index in [2.05, 4.69) is 42.3 Å². The molecule has 4 heteroatoms. The Bertz CT molecular complexity index is 525. The van der Waals surface area contributed by atoms with Gasteiger partial charge in [-0.15, -0.1) is 11.3 Å². The van der Waals surface area contributed by atoms with E-state index in [1.165, 1.54) is 20.9 Å². The van der Waals surface area contributed by atoms with Crippen molar-refractivity contribution < 1.29 is 4.74 Å². The summed E-state index contributed by atoms with van der Waals surface area (Å²) in [4.78, 5) is 6.79. The number of aryl methyl sites for hydroxylation is 2. The molecular formula is C17H24N2OS. The van der Waals surface area contributed by atoms with Crippen molar-refractivity contribution in [2.45, 2.75) is 39.8 Å². The summed E-state index contributed by atoms with van der Waals surface area (Å²) in [5.74, 6) is 0. The molecule has 0 unspecified atom stereocenters. The highest BCUT2D eigenvalue weighted by Crippen LogP contribution is 2.22. The number of nitrogens with one attached hydrogen (secondary N) is 1. The molecule has 0 aromatic carbocycles. The van der Waals surface area contributed by atoms with E-state index in [4.69, 9.17) is 4.74 Å². The number of ether oxygens (including phenoxy) is 1. The Morgan fingerprint density at radius 2 is 2.10 bits per heavy atom. The van der Waals surface area contributed by atoms with Crippen LogP contribution >= 0.6 is 11.3 Å². The molecule has 2 aromatic rings. The van der Waals surface area contributed by atoms with Gasteiger partial charge in [0.2, 0.25) is 0 Å². The monoisotopic (exact) mass is 304 g/mol. The first-order chi connectivity index (χ1) is 10.3. The number of rotatable bonds is 9. The minimum absolute atomic E-state index is 0.727. The Morgan fingerprint density at radius 3 is 2.86 bits per heavy atom. The molecule has 0 aliphatic heterocycles. The smallest absolute Gasteiger partial charge is 0.0727 e. The van der Waals surface area contributed by atoms with Crippen LogP contribution in [0.4, 0.5) is 0 Å². The molecule has 2 rings (SSSR count). The van der Waals surface area contributed by atoms with Crippen LogP contribution < -0.4 is 5.32 Å². The number of nitrogens with zero attached hydrogens (tertiary/aromatic N) is 1. The highest BCUT2D eigenvalue weighted by atomic mass is 32.1. The molecule has 3 nitrogen and oxygen atoms in total. The first kappa shape index (κ1) is 16.1. The standard InChI is InChI=1S/C17H24N2OS/c1-3-18-12-17-11-16(14(2)21-17)13-20-10-4-5-15-6-8-19-9-7-15/h6-9,11,18H,3-5,10,12-13H2,1-2H3. The lowest BCUT2D eigenvalue weighted by Gasteiger charge is -2.04. The van der Waals surface area contributed by atoms with Crippen molar-refractivity contribution in [1.82, 2.24) is 10.3 Å². The van der Waals surface area contributed by atoms with Crippen molar-refractivity contribution >= 4 is 11.3 Å². The molecule has 0 aliphatic carbocycles. The van der Waals surface area contributed by atoms with E-state index >= 15 is 0 Å². The van der Waals surface area contributed by atoms with Gasteiger partial charge in [0.25, 0.3) is 0 Å². The Hall–Kier alpha value is -1.23. The van der Waals surface area contributed by atoms with E-state index in [1.807, 2.05) is 23.7 Å². The van der Waals surface area contributed by atoms with Crippen LogP contribution in [0.25, 0.3) is 0 Å². The molecule has 1 N–H and O–H groups in total. The molecule has 0 amide bonds. The van der Waals surface area contributed by atoms with Crippen molar-refractivity contribution in [3.05, 3.63) is 51.5 Å². The SMILES string of the molecule is CCNCc1cc(COCCCc2ccncc2)c(C)s1. The van der Waals surface area contributed by atoms with Crippen molar-refractivity contribution in [3.8, 4) is 0 Å². The molecule has 0 radical (unpaired) electrons. The fourth-order valence-electron chi connectivity index (χ4n) is 2.18. The first-order valence-electron chi connectivity index (χ1n) is 7.55. The van der Waals surface area contributed by atoms with Crippen molar-refractivity contribution in [1.29, 1.82) is 0 Å². The molecule has 0 aliphatic rings. The first-order valence-corrected chi connectivity index (χ1v) is 8.36. The van der Waals surface area contributed by atoms with Crippen LogP contribution in [0.5, 0.6) is 0 Å². The van der Waals surface area contributed by atoms with E-state index < -0.39 is 0 Å². The molecule has 0 bridgehead atoms. The van der Waals surface area contributed by atoms with Crippen LogP contribution in [-0.2, 0) is 24.3 Å². The number of hydrogen-bond donors (Lipinski definition) is 1. The summed E-state index contributed by atoms with van der Waals surface area (Å²) in [6.45, 7) is 7.82. The van der Waals surface area contributed by atoms with Gasteiger partial charge in [0.05, 0.1) is 6.61 Å². The summed E-state index contributed by atoms with van der Waals surface area (Å²) >= 11 is 1.87. The molecule has 0 spiro atoms. The lowest BCUT2D eigenvalue weighted by molar-refractivity contribution is 0.118. The van der Waals surface area contributed by atoms with Gasteiger partial charge in [-0.05, 0) is 55.6 Å². The van der Waals surface area contributed by atoms with E-state index in [1.54, 1.807) is 0 Å². The van der Waals surface area contributed by atoms with Crippen molar-refractivity contribution in [2.24, 2.45) is 0 Å². The van der Waals surface area contributed by atoms with E-state index in [0.29, 0.717) is 0 Å². The molecule has 0 fully saturated rings. The van der Waals surface area contributed by atoms with Gasteiger partial charge in [-0.25, -0.2) is 0 Å². The molecule has 0 saturated heterocycles. The fraction of sp³-hybridized carbons (Fsp3) is 0.471. The predicted molar refractivity (Wildman–Crippen MR) is 88.7 cm³/mol. The molecule has 2 aromatic heterocycles. The Labute approximate surface area is 131 Å². The van der Waals surface area contributed by atoms with Crippen LogP contribution in [0.15, 0.2) is 30.6 Å². The normalized spacial score (nSPS) is 11.0. The Morgan fingerprint density at radius 1 is 1.29 bits per heavy atom. The number of thiophene rings is 1. The second kappa shape index (κ2) is 8.93. The zero-order chi connectivity index (χ0) is 14.9. The topological polar surface area (TPSA) is 34.1 Å². The van der Waals surface area contributed by atoms with Crippen molar-refractivity contribution in [3.63, 3.8) is 0 Å². The maximum atomic E-state index is 5.81. The third-order valence-electron chi connectivity index (χ3n) is 3.38. The van der Waals surface area contributed by atoms with Crippen LogP contribution in [0.2, 0.25) is 0 Å². The number of pyridine rings is 1. The Balaban J connectivity index is 1.67.